The zero-order valence-electron chi connectivity index (χ0n) is 13.6. The lowest BCUT2D eigenvalue weighted by Gasteiger charge is -2.30. The smallest absolute Gasteiger partial charge is 0.331 e. The van der Waals surface area contributed by atoms with Crippen LogP contribution in [0, 0.1) is 17.6 Å². The molecule has 1 amide bonds. The number of halogens is 2. The average Bonchev–Trinajstić information content (AvgIpc) is 2.54. The molecule has 24 heavy (non-hydrogen) atoms. The predicted molar refractivity (Wildman–Crippen MR) is 84.3 cm³/mol. The first-order valence-corrected chi connectivity index (χ1v) is 8.10. The molecule has 0 bridgehead atoms. The van der Waals surface area contributed by atoms with Gasteiger partial charge in [-0.25, -0.2) is 13.6 Å². The molecule has 7 heteroatoms. The molecule has 5 nitrogen and oxygen atoms in total. The van der Waals surface area contributed by atoms with Gasteiger partial charge in [-0.2, -0.15) is 0 Å². The van der Waals surface area contributed by atoms with Crippen molar-refractivity contribution in [1.29, 1.82) is 0 Å². The highest BCUT2D eigenvalue weighted by Crippen LogP contribution is 2.22. The third-order valence-corrected chi connectivity index (χ3v) is 4.45. The van der Waals surface area contributed by atoms with Crippen LogP contribution in [0.4, 0.5) is 8.78 Å². The van der Waals surface area contributed by atoms with Gasteiger partial charge in [0.05, 0.1) is 0 Å². The molecule has 1 heterocycles. The van der Waals surface area contributed by atoms with Crippen LogP contribution in [0.15, 0.2) is 18.2 Å². The highest BCUT2D eigenvalue weighted by Gasteiger charge is 2.27. The molecule has 1 atom stereocenters. The second-order valence-electron chi connectivity index (χ2n) is 6.09. The number of hydrogen-bond donors (Lipinski definition) is 2. The first-order valence-electron chi connectivity index (χ1n) is 8.10. The number of nitrogens with zero attached hydrogens (tertiary/aromatic N) is 1. The standard InChI is InChI=1S/C17H22F2N2O3/c1-2-21-7-5-11(6-8-21)9-15(22)20-16(17(23)24)13-4-3-12(18)10-14(13)19/h3-4,10-11,16H,2,5-9H2,1H3,(H,20,22)(H,23,24). The molecule has 1 unspecified atom stereocenters. The van der Waals surface area contributed by atoms with Gasteiger partial charge in [0.1, 0.15) is 11.6 Å². The Kier molecular flexibility index (Phi) is 6.25. The number of carbonyl (C=O) groups excluding carboxylic acids is 1. The molecule has 0 aliphatic carbocycles. The maximum absolute atomic E-state index is 13.8. The van der Waals surface area contributed by atoms with Gasteiger partial charge in [0.25, 0.3) is 0 Å². The van der Waals surface area contributed by atoms with Crippen molar-refractivity contribution >= 4 is 11.9 Å². The molecule has 1 fully saturated rings. The normalized spacial score (nSPS) is 17.5. The molecule has 1 aromatic carbocycles. The van der Waals surface area contributed by atoms with Gasteiger partial charge in [0, 0.05) is 18.1 Å². The Morgan fingerprint density at radius 1 is 1.33 bits per heavy atom. The average molecular weight is 340 g/mol. The van der Waals surface area contributed by atoms with Gasteiger partial charge in [-0.1, -0.05) is 13.0 Å². The maximum Gasteiger partial charge on any atom is 0.331 e. The lowest BCUT2D eigenvalue weighted by Crippen LogP contribution is -2.38. The van der Waals surface area contributed by atoms with E-state index < -0.39 is 29.6 Å². The quantitative estimate of drug-likeness (QED) is 0.834. The summed E-state index contributed by atoms with van der Waals surface area (Å²) in [4.78, 5) is 25.8. The van der Waals surface area contributed by atoms with E-state index in [0.717, 1.165) is 44.6 Å². The van der Waals surface area contributed by atoms with E-state index in [-0.39, 0.29) is 17.9 Å². The van der Waals surface area contributed by atoms with Crippen molar-refractivity contribution in [2.24, 2.45) is 5.92 Å². The fourth-order valence-corrected chi connectivity index (χ4v) is 3.00. The Morgan fingerprint density at radius 3 is 2.54 bits per heavy atom. The fourth-order valence-electron chi connectivity index (χ4n) is 3.00. The highest BCUT2D eigenvalue weighted by molar-refractivity contribution is 5.84. The molecule has 132 valence electrons. The van der Waals surface area contributed by atoms with Gasteiger partial charge in [-0.15, -0.1) is 0 Å². The van der Waals surface area contributed by atoms with Gasteiger partial charge in [0.15, 0.2) is 6.04 Å². The van der Waals surface area contributed by atoms with Gasteiger partial charge in [-0.3, -0.25) is 4.79 Å². The number of carboxylic acids is 1. The minimum Gasteiger partial charge on any atom is -0.479 e. The fraction of sp³-hybridized carbons (Fsp3) is 0.529. The number of aliphatic carboxylic acids is 1. The van der Waals surface area contributed by atoms with Crippen LogP contribution in [-0.4, -0.2) is 41.5 Å². The predicted octanol–water partition coefficient (Wildman–Crippen LogP) is 2.33. The van der Waals surface area contributed by atoms with Crippen LogP contribution in [0.2, 0.25) is 0 Å². The van der Waals surface area contributed by atoms with E-state index in [1.54, 1.807) is 0 Å². The maximum atomic E-state index is 13.8. The summed E-state index contributed by atoms with van der Waals surface area (Å²) in [6.07, 6.45) is 1.97. The lowest BCUT2D eigenvalue weighted by molar-refractivity contribution is -0.142. The minimum atomic E-state index is -1.52. The molecule has 0 saturated carbocycles. The van der Waals surface area contributed by atoms with E-state index in [0.29, 0.717) is 6.07 Å². The number of hydrogen-bond acceptors (Lipinski definition) is 3. The molecular weight excluding hydrogens is 318 g/mol. The third-order valence-electron chi connectivity index (χ3n) is 4.45. The molecule has 0 radical (unpaired) electrons. The first-order chi connectivity index (χ1) is 11.4. The van der Waals surface area contributed by atoms with Crippen LogP contribution >= 0.6 is 0 Å². The molecule has 1 aliphatic heterocycles. The van der Waals surface area contributed by atoms with Gasteiger partial charge < -0.3 is 15.3 Å². The van der Waals surface area contributed by atoms with Gasteiger partial charge in [-0.05, 0) is 44.5 Å². The summed E-state index contributed by atoms with van der Waals surface area (Å²) in [6.45, 7) is 4.90. The summed E-state index contributed by atoms with van der Waals surface area (Å²) in [5.74, 6) is -3.40. The number of benzene rings is 1. The molecule has 1 aliphatic rings. The van der Waals surface area contributed by atoms with Crippen molar-refractivity contribution in [1.82, 2.24) is 10.2 Å². The zero-order valence-corrected chi connectivity index (χ0v) is 13.6. The summed E-state index contributed by atoms with van der Waals surface area (Å²) in [7, 11) is 0. The van der Waals surface area contributed by atoms with Crippen LogP contribution in [0.5, 0.6) is 0 Å². The van der Waals surface area contributed by atoms with Crippen molar-refractivity contribution in [3.05, 3.63) is 35.4 Å². The van der Waals surface area contributed by atoms with Crippen molar-refractivity contribution in [2.45, 2.75) is 32.2 Å². The summed E-state index contributed by atoms with van der Waals surface area (Å²) < 4.78 is 26.8. The topological polar surface area (TPSA) is 69.6 Å². The first kappa shape index (κ1) is 18.3. The van der Waals surface area contributed by atoms with Gasteiger partial charge >= 0.3 is 5.97 Å². The number of amides is 1. The van der Waals surface area contributed by atoms with Crippen LogP contribution in [0.1, 0.15) is 37.8 Å². The number of likely N-dealkylation sites (tertiary alicyclic amines) is 1. The number of carbonyl (C=O) groups is 2. The Bertz CT molecular complexity index is 601. The second kappa shape index (κ2) is 8.19. The molecule has 2 N–H and O–H groups in total. The Hall–Kier alpha value is -2.02. The Balaban J connectivity index is 1.98. The molecule has 2 rings (SSSR count). The van der Waals surface area contributed by atoms with E-state index in [1.165, 1.54) is 0 Å². The Morgan fingerprint density at radius 2 is 2.00 bits per heavy atom. The summed E-state index contributed by atoms with van der Waals surface area (Å²) in [5.41, 5.74) is -0.252. The van der Waals surface area contributed by atoms with E-state index >= 15 is 0 Å². The van der Waals surface area contributed by atoms with Crippen molar-refractivity contribution in [2.75, 3.05) is 19.6 Å². The third kappa shape index (κ3) is 4.74. The lowest BCUT2D eigenvalue weighted by atomic mass is 9.93. The van der Waals surface area contributed by atoms with Gasteiger partial charge in [0.2, 0.25) is 5.91 Å². The molecular formula is C17H22F2N2O3. The SMILES string of the molecule is CCN1CCC(CC(=O)NC(C(=O)O)c2ccc(F)cc2F)CC1. The Labute approximate surface area is 139 Å². The monoisotopic (exact) mass is 340 g/mol. The van der Waals surface area contributed by atoms with Crippen LogP contribution in [0.25, 0.3) is 0 Å². The van der Waals surface area contributed by atoms with Crippen molar-refractivity contribution in [3.63, 3.8) is 0 Å². The second-order valence-corrected chi connectivity index (χ2v) is 6.09. The van der Waals surface area contributed by atoms with E-state index in [2.05, 4.69) is 17.1 Å². The summed E-state index contributed by atoms with van der Waals surface area (Å²) in [6, 6.07) is 1.11. The summed E-state index contributed by atoms with van der Waals surface area (Å²) >= 11 is 0. The minimum absolute atomic E-state index is 0.195. The van der Waals surface area contributed by atoms with E-state index in [1.807, 2.05) is 0 Å². The van der Waals surface area contributed by atoms with E-state index in [4.69, 9.17) is 0 Å². The molecule has 1 aromatic rings. The number of rotatable bonds is 6. The highest BCUT2D eigenvalue weighted by atomic mass is 19.1. The van der Waals surface area contributed by atoms with Crippen molar-refractivity contribution in [3.8, 4) is 0 Å². The number of nitrogens with one attached hydrogen (secondary N) is 1. The molecule has 0 spiro atoms. The van der Waals surface area contributed by atoms with Crippen LogP contribution in [0.3, 0.4) is 0 Å². The molecule has 1 saturated heterocycles. The largest absolute Gasteiger partial charge is 0.479 e. The number of carboxylic acid groups (broad SMARTS) is 1. The van der Waals surface area contributed by atoms with Crippen LogP contribution in [-0.2, 0) is 9.59 Å². The van der Waals surface area contributed by atoms with E-state index in [9.17, 15) is 23.5 Å². The number of piperidine rings is 1. The van der Waals surface area contributed by atoms with Crippen LogP contribution < -0.4 is 5.32 Å². The van der Waals surface area contributed by atoms with Crippen molar-refractivity contribution < 1.29 is 23.5 Å². The zero-order chi connectivity index (χ0) is 17.7. The molecule has 0 aromatic heterocycles. The summed E-state index contributed by atoms with van der Waals surface area (Å²) in [5, 5.41) is 11.6.